The summed E-state index contributed by atoms with van der Waals surface area (Å²) >= 11 is 0. The predicted molar refractivity (Wildman–Crippen MR) is 113 cm³/mol. The highest BCUT2D eigenvalue weighted by molar-refractivity contribution is 5.66. The van der Waals surface area contributed by atoms with Crippen molar-refractivity contribution in [3.8, 4) is 5.75 Å². The molecule has 34 heavy (non-hydrogen) atoms. The molecule has 0 bridgehead atoms. The molecule has 0 radical (unpaired) electrons. The average Bonchev–Trinajstić information content (AvgIpc) is 3.12. The number of benzene rings is 2. The van der Waals surface area contributed by atoms with Crippen LogP contribution in [0.2, 0.25) is 0 Å². The van der Waals surface area contributed by atoms with Gasteiger partial charge in [0.05, 0.1) is 17.7 Å². The second-order valence-corrected chi connectivity index (χ2v) is 9.49. The first kappa shape index (κ1) is 25.7. The van der Waals surface area contributed by atoms with E-state index in [9.17, 15) is 36.2 Å². The Labute approximate surface area is 193 Å². The van der Waals surface area contributed by atoms with Crippen LogP contribution in [0.4, 0.5) is 31.1 Å². The van der Waals surface area contributed by atoms with E-state index < -0.39 is 52.7 Å². The van der Waals surface area contributed by atoms with Crippen molar-refractivity contribution in [2.45, 2.75) is 45.1 Å². The van der Waals surface area contributed by atoms with Gasteiger partial charge in [0, 0.05) is 24.4 Å². The fraction of sp³-hybridized carbons (Fsp3) is 0.458. The molecule has 10 heteroatoms. The van der Waals surface area contributed by atoms with Gasteiger partial charge in [0.15, 0.2) is 0 Å². The number of halogens is 6. The Balaban J connectivity index is 1.97. The maximum absolute atomic E-state index is 13.2. The van der Waals surface area contributed by atoms with Gasteiger partial charge in [-0.1, -0.05) is 51.1 Å². The van der Waals surface area contributed by atoms with Crippen molar-refractivity contribution in [3.63, 3.8) is 0 Å². The van der Waals surface area contributed by atoms with Gasteiger partial charge in [-0.2, -0.15) is 26.3 Å². The molecule has 2 aromatic rings. The molecule has 0 spiro atoms. The van der Waals surface area contributed by atoms with Crippen LogP contribution in [-0.2, 0) is 12.4 Å². The quantitative estimate of drug-likeness (QED) is 0.475. The predicted octanol–water partition coefficient (Wildman–Crippen LogP) is 6.91. The van der Waals surface area contributed by atoms with Gasteiger partial charge >= 0.3 is 18.4 Å². The van der Waals surface area contributed by atoms with Gasteiger partial charge in [-0.05, 0) is 29.2 Å². The highest BCUT2D eigenvalue weighted by atomic mass is 19.4. The zero-order valence-electron chi connectivity index (χ0n) is 18.7. The van der Waals surface area contributed by atoms with Gasteiger partial charge in [-0.3, -0.25) is 0 Å². The number of carboxylic acid groups (broad SMARTS) is 1. The maximum Gasteiger partial charge on any atom is 0.416 e. The van der Waals surface area contributed by atoms with Crippen LogP contribution in [0.1, 0.15) is 43.4 Å². The summed E-state index contributed by atoms with van der Waals surface area (Å²) in [5.41, 5.74) is -2.61. The molecule has 1 heterocycles. The van der Waals surface area contributed by atoms with Crippen molar-refractivity contribution in [3.05, 3.63) is 65.2 Å². The summed E-state index contributed by atoms with van der Waals surface area (Å²) in [7, 11) is 0. The van der Waals surface area contributed by atoms with E-state index >= 15 is 0 Å². The minimum absolute atomic E-state index is 0.0297. The van der Waals surface area contributed by atoms with Crippen LogP contribution in [0.15, 0.2) is 48.5 Å². The summed E-state index contributed by atoms with van der Waals surface area (Å²) in [6.45, 7) is 5.43. The van der Waals surface area contributed by atoms with Crippen molar-refractivity contribution in [1.82, 2.24) is 4.90 Å². The van der Waals surface area contributed by atoms with Crippen molar-refractivity contribution in [2.24, 2.45) is 11.3 Å². The summed E-state index contributed by atoms with van der Waals surface area (Å²) in [4.78, 5) is 13.3. The van der Waals surface area contributed by atoms with Crippen molar-refractivity contribution >= 4 is 6.09 Å². The largest absolute Gasteiger partial charge is 0.493 e. The Hall–Kier alpha value is -2.91. The molecule has 1 saturated heterocycles. The first-order chi connectivity index (χ1) is 15.6. The smallest absolute Gasteiger partial charge is 0.416 e. The number of hydrogen-bond donors (Lipinski definition) is 1. The summed E-state index contributed by atoms with van der Waals surface area (Å²) < 4.78 is 84.6. The molecule has 4 nitrogen and oxygen atoms in total. The van der Waals surface area contributed by atoms with Crippen LogP contribution in [0, 0.1) is 11.3 Å². The number of rotatable bonds is 4. The van der Waals surface area contributed by atoms with E-state index in [1.54, 1.807) is 18.2 Å². The lowest BCUT2D eigenvalue weighted by atomic mass is 9.73. The van der Waals surface area contributed by atoms with E-state index in [2.05, 4.69) is 0 Å². The van der Waals surface area contributed by atoms with Crippen LogP contribution in [0.5, 0.6) is 5.75 Å². The highest BCUT2D eigenvalue weighted by Gasteiger charge is 2.50. The molecule has 2 aromatic carbocycles. The normalized spacial score (nSPS) is 21.6. The third kappa shape index (κ3) is 5.59. The number of amides is 1. The molecular weight excluding hydrogens is 464 g/mol. The minimum atomic E-state index is -4.99. The monoisotopic (exact) mass is 489 g/mol. The molecule has 3 unspecified atom stereocenters. The Morgan fingerprint density at radius 2 is 1.50 bits per heavy atom. The maximum atomic E-state index is 13.2. The number of likely N-dealkylation sites (tertiary alicyclic amines) is 1. The first-order valence-electron chi connectivity index (χ1n) is 10.6. The van der Waals surface area contributed by atoms with Crippen LogP contribution >= 0.6 is 0 Å². The van der Waals surface area contributed by atoms with Gasteiger partial charge in [0.1, 0.15) is 5.75 Å². The van der Waals surface area contributed by atoms with Crippen LogP contribution in [0.3, 0.4) is 0 Å². The molecule has 3 atom stereocenters. The number of alkyl halides is 6. The van der Waals surface area contributed by atoms with Crippen LogP contribution in [0.25, 0.3) is 0 Å². The molecule has 0 saturated carbocycles. The lowest BCUT2D eigenvalue weighted by molar-refractivity contribution is -0.143. The van der Waals surface area contributed by atoms with E-state index in [4.69, 9.17) is 4.74 Å². The lowest BCUT2D eigenvalue weighted by Gasteiger charge is -2.37. The Bertz CT molecular complexity index is 982. The molecule has 186 valence electrons. The molecular formula is C24H25F6NO3. The van der Waals surface area contributed by atoms with Gasteiger partial charge in [-0.25, -0.2) is 4.79 Å². The second-order valence-electron chi connectivity index (χ2n) is 9.49. The SMILES string of the molecule is CC(C)(C)C1C(c2ccccc2)C(COc2cc(C(F)(F)F)cc(C(F)(F)F)c2)CN1C(=O)O. The Morgan fingerprint density at radius 1 is 0.971 bits per heavy atom. The Kier molecular flexibility index (Phi) is 6.83. The number of hydrogen-bond acceptors (Lipinski definition) is 2. The third-order valence-corrected chi connectivity index (χ3v) is 5.96. The summed E-state index contributed by atoms with van der Waals surface area (Å²) in [5.74, 6) is -1.44. The van der Waals surface area contributed by atoms with E-state index in [-0.39, 0.29) is 25.1 Å². The van der Waals surface area contributed by atoms with Crippen molar-refractivity contribution < 1.29 is 41.0 Å². The van der Waals surface area contributed by atoms with Gasteiger partial charge in [0.25, 0.3) is 0 Å². The first-order valence-corrected chi connectivity index (χ1v) is 10.6. The van der Waals surface area contributed by atoms with E-state index in [0.29, 0.717) is 12.1 Å². The van der Waals surface area contributed by atoms with Gasteiger partial charge < -0.3 is 14.7 Å². The number of nitrogens with zero attached hydrogens (tertiary/aromatic N) is 1. The number of carbonyl (C=O) groups is 1. The molecule has 3 rings (SSSR count). The standard InChI is InChI=1S/C24H25F6NO3/c1-22(2,3)20-19(14-7-5-4-6-8-14)15(12-31(20)21(32)33)13-34-18-10-16(23(25,26)27)9-17(11-18)24(28,29)30/h4-11,15,19-20H,12-13H2,1-3H3,(H,32,33). The van der Waals surface area contributed by atoms with E-state index in [1.165, 1.54) is 4.90 Å². The third-order valence-electron chi connectivity index (χ3n) is 5.96. The molecule has 1 amide bonds. The fourth-order valence-electron chi connectivity index (χ4n) is 4.63. The fourth-order valence-corrected chi connectivity index (χ4v) is 4.63. The molecule has 1 aliphatic rings. The van der Waals surface area contributed by atoms with E-state index in [0.717, 1.165) is 5.56 Å². The molecule has 0 aliphatic carbocycles. The van der Waals surface area contributed by atoms with Gasteiger partial charge in [-0.15, -0.1) is 0 Å². The minimum Gasteiger partial charge on any atom is -0.493 e. The molecule has 0 aromatic heterocycles. The van der Waals surface area contributed by atoms with Crippen molar-refractivity contribution in [1.29, 1.82) is 0 Å². The molecule has 1 fully saturated rings. The van der Waals surface area contributed by atoms with E-state index in [1.807, 2.05) is 32.9 Å². The Morgan fingerprint density at radius 3 is 1.94 bits per heavy atom. The topological polar surface area (TPSA) is 49.8 Å². The summed E-state index contributed by atoms with van der Waals surface area (Å²) in [6.07, 6.45) is -11.1. The molecule has 1 aliphatic heterocycles. The van der Waals surface area contributed by atoms with Gasteiger partial charge in [0.2, 0.25) is 0 Å². The van der Waals surface area contributed by atoms with Crippen molar-refractivity contribution in [2.75, 3.05) is 13.2 Å². The zero-order chi connectivity index (χ0) is 25.5. The van der Waals surface area contributed by atoms with Crippen LogP contribution in [-0.4, -0.2) is 35.3 Å². The lowest BCUT2D eigenvalue weighted by Crippen LogP contribution is -2.44. The molecule has 1 N–H and O–H groups in total. The average molecular weight is 489 g/mol. The highest BCUT2D eigenvalue weighted by Crippen LogP contribution is 2.46. The zero-order valence-corrected chi connectivity index (χ0v) is 18.7. The summed E-state index contributed by atoms with van der Waals surface area (Å²) in [5, 5.41) is 9.80. The summed E-state index contributed by atoms with van der Waals surface area (Å²) in [6, 6.07) is 9.64. The number of ether oxygens (including phenoxy) is 1. The van der Waals surface area contributed by atoms with Crippen LogP contribution < -0.4 is 4.74 Å². The second kappa shape index (κ2) is 9.03.